The van der Waals surface area contributed by atoms with Gasteiger partial charge in [0.15, 0.2) is 0 Å². The molecule has 0 amide bonds. The van der Waals surface area contributed by atoms with Gasteiger partial charge >= 0.3 is 12.1 Å². The number of hydrogen-bond acceptors (Lipinski definition) is 1. The number of carboxylic acid groups (broad SMARTS) is 1. The number of carbonyl (C=O) groups is 1. The van der Waals surface area contributed by atoms with Crippen LogP contribution in [0, 0.1) is 0 Å². The molecule has 1 aliphatic carbocycles. The van der Waals surface area contributed by atoms with Gasteiger partial charge in [-0.15, -0.1) is 0 Å². The monoisotopic (exact) mass is 283 g/mol. The second-order valence-electron chi connectivity index (χ2n) is 5.33. The normalized spacial score (nSPS) is 17.4. The fourth-order valence-corrected chi connectivity index (χ4v) is 2.62. The van der Waals surface area contributed by atoms with Gasteiger partial charge in [-0.1, -0.05) is 6.07 Å². The summed E-state index contributed by atoms with van der Waals surface area (Å²) in [6.45, 7) is 0. The summed E-state index contributed by atoms with van der Waals surface area (Å²) in [7, 11) is 0. The highest BCUT2D eigenvalue weighted by Gasteiger charge is 2.46. The Morgan fingerprint density at radius 2 is 2.00 bits per heavy atom. The molecule has 2 N–H and O–H groups in total. The molecule has 0 atom stereocenters. The van der Waals surface area contributed by atoms with Gasteiger partial charge in [-0.2, -0.15) is 13.2 Å². The summed E-state index contributed by atoms with van der Waals surface area (Å²) in [6, 6.07) is 6.03. The van der Waals surface area contributed by atoms with Crippen molar-refractivity contribution < 1.29 is 23.1 Å². The van der Waals surface area contributed by atoms with Crippen LogP contribution in [0.1, 0.15) is 30.5 Å². The van der Waals surface area contributed by atoms with Crippen molar-refractivity contribution in [1.29, 1.82) is 0 Å². The Balaban J connectivity index is 2.01. The molecule has 1 aromatic heterocycles. The summed E-state index contributed by atoms with van der Waals surface area (Å²) >= 11 is 0. The summed E-state index contributed by atoms with van der Waals surface area (Å²) in [4.78, 5) is 13.2. The van der Waals surface area contributed by atoms with E-state index in [0.29, 0.717) is 10.9 Å². The topological polar surface area (TPSA) is 53.1 Å². The third-order valence-corrected chi connectivity index (χ3v) is 3.88. The Morgan fingerprint density at radius 1 is 1.30 bits per heavy atom. The first kappa shape index (κ1) is 13.0. The Bertz CT molecular complexity index is 683. The minimum Gasteiger partial charge on any atom is -0.481 e. The van der Waals surface area contributed by atoms with E-state index in [1.54, 1.807) is 18.2 Å². The van der Waals surface area contributed by atoms with Crippen LogP contribution < -0.4 is 0 Å². The average Bonchev–Trinajstić information content (AvgIpc) is 2.97. The number of H-pyrrole nitrogens is 1. The van der Waals surface area contributed by atoms with E-state index >= 15 is 0 Å². The molecule has 106 valence electrons. The van der Waals surface area contributed by atoms with Gasteiger partial charge < -0.3 is 10.1 Å². The molecule has 0 aliphatic heterocycles. The number of hydrogen-bond donors (Lipinski definition) is 2. The average molecular weight is 283 g/mol. The van der Waals surface area contributed by atoms with Crippen LogP contribution >= 0.6 is 0 Å². The number of nitrogens with one attached hydrogen (secondary N) is 1. The number of aromatic nitrogens is 1. The summed E-state index contributed by atoms with van der Waals surface area (Å²) in [5.74, 6) is -0.882. The van der Waals surface area contributed by atoms with Crippen LogP contribution in [0.2, 0.25) is 0 Å². The molecule has 2 aromatic rings. The van der Waals surface area contributed by atoms with Crippen LogP contribution in [0.5, 0.6) is 0 Å². The molecular formula is C14H12F3NO2. The predicted octanol–water partition coefficient (Wildman–Crippen LogP) is 3.69. The lowest BCUT2D eigenvalue weighted by Crippen LogP contribution is -2.12. The highest BCUT2D eigenvalue weighted by Crippen LogP contribution is 2.51. The van der Waals surface area contributed by atoms with Crippen molar-refractivity contribution in [3.63, 3.8) is 0 Å². The van der Waals surface area contributed by atoms with E-state index in [0.717, 1.165) is 24.5 Å². The zero-order valence-electron chi connectivity index (χ0n) is 10.4. The second-order valence-corrected chi connectivity index (χ2v) is 5.33. The molecule has 20 heavy (non-hydrogen) atoms. The molecule has 6 heteroatoms. The number of fused-ring (bicyclic) bond motifs is 1. The molecule has 3 rings (SSSR count). The Kier molecular flexibility index (Phi) is 2.61. The van der Waals surface area contributed by atoms with E-state index < -0.39 is 23.3 Å². The first-order valence-electron chi connectivity index (χ1n) is 6.22. The van der Waals surface area contributed by atoms with Crippen molar-refractivity contribution in [2.24, 2.45) is 0 Å². The number of benzene rings is 1. The number of rotatable bonds is 3. The van der Waals surface area contributed by atoms with Crippen LogP contribution in [-0.4, -0.2) is 16.1 Å². The third-order valence-electron chi connectivity index (χ3n) is 3.88. The lowest BCUT2D eigenvalue weighted by atomic mass is 9.91. The quantitative estimate of drug-likeness (QED) is 0.902. The number of aliphatic carboxylic acids is 1. The lowest BCUT2D eigenvalue weighted by molar-refractivity contribution is -0.140. The first-order chi connectivity index (χ1) is 9.30. The smallest absolute Gasteiger partial charge is 0.431 e. The Hall–Kier alpha value is -1.98. The molecule has 0 unspecified atom stereocenters. The standard InChI is InChI=1S/C14H12F3NO2/c15-14(16,17)11-6-8-5-9(1-2-10(8)18-11)13(3-4-13)7-12(19)20/h1-2,5-6,18H,3-4,7H2,(H,19,20). The summed E-state index contributed by atoms with van der Waals surface area (Å²) < 4.78 is 37.9. The maximum absolute atomic E-state index is 12.6. The maximum Gasteiger partial charge on any atom is 0.431 e. The fourth-order valence-electron chi connectivity index (χ4n) is 2.62. The minimum absolute atomic E-state index is 0.0229. The summed E-state index contributed by atoms with van der Waals surface area (Å²) in [6.07, 6.45) is -2.85. The van der Waals surface area contributed by atoms with Crippen LogP contribution in [0.25, 0.3) is 10.9 Å². The van der Waals surface area contributed by atoms with E-state index in [-0.39, 0.29) is 6.42 Å². The molecule has 1 fully saturated rings. The van der Waals surface area contributed by atoms with Gasteiger partial charge in [0.2, 0.25) is 0 Å². The number of alkyl halides is 3. The van der Waals surface area contributed by atoms with Gasteiger partial charge in [0.1, 0.15) is 5.69 Å². The number of aromatic amines is 1. The van der Waals surface area contributed by atoms with Crippen molar-refractivity contribution in [2.45, 2.75) is 30.9 Å². The van der Waals surface area contributed by atoms with E-state index in [1.807, 2.05) is 0 Å². The number of carboxylic acids is 1. The van der Waals surface area contributed by atoms with E-state index in [2.05, 4.69) is 4.98 Å². The lowest BCUT2D eigenvalue weighted by Gasteiger charge is -2.12. The van der Waals surface area contributed by atoms with E-state index in [9.17, 15) is 18.0 Å². The van der Waals surface area contributed by atoms with E-state index in [4.69, 9.17) is 5.11 Å². The fraction of sp³-hybridized carbons (Fsp3) is 0.357. The van der Waals surface area contributed by atoms with Crippen molar-refractivity contribution in [3.05, 3.63) is 35.5 Å². The van der Waals surface area contributed by atoms with E-state index in [1.165, 1.54) is 0 Å². The van der Waals surface area contributed by atoms with Crippen molar-refractivity contribution >= 4 is 16.9 Å². The highest BCUT2D eigenvalue weighted by molar-refractivity contribution is 5.82. The van der Waals surface area contributed by atoms with Crippen molar-refractivity contribution in [1.82, 2.24) is 4.98 Å². The zero-order valence-corrected chi connectivity index (χ0v) is 10.4. The van der Waals surface area contributed by atoms with Crippen LogP contribution in [0.15, 0.2) is 24.3 Å². The molecule has 1 saturated carbocycles. The van der Waals surface area contributed by atoms with Crippen LogP contribution in [0.3, 0.4) is 0 Å². The molecule has 3 nitrogen and oxygen atoms in total. The second kappa shape index (κ2) is 4.01. The molecule has 0 spiro atoms. The first-order valence-corrected chi connectivity index (χ1v) is 6.22. The third kappa shape index (κ3) is 2.15. The predicted molar refractivity (Wildman–Crippen MR) is 66.5 cm³/mol. The Morgan fingerprint density at radius 3 is 2.55 bits per heavy atom. The largest absolute Gasteiger partial charge is 0.481 e. The zero-order chi connectivity index (χ0) is 14.5. The summed E-state index contributed by atoms with van der Waals surface area (Å²) in [5.41, 5.74) is 0.0374. The van der Waals surface area contributed by atoms with Crippen molar-refractivity contribution in [2.75, 3.05) is 0 Å². The minimum atomic E-state index is -4.41. The summed E-state index contributed by atoms with van der Waals surface area (Å²) in [5, 5.41) is 9.38. The van der Waals surface area contributed by atoms with Crippen LogP contribution in [0.4, 0.5) is 13.2 Å². The maximum atomic E-state index is 12.6. The molecule has 1 aromatic carbocycles. The molecule has 0 bridgehead atoms. The molecule has 0 saturated heterocycles. The van der Waals surface area contributed by atoms with Crippen molar-refractivity contribution in [3.8, 4) is 0 Å². The highest BCUT2D eigenvalue weighted by atomic mass is 19.4. The van der Waals surface area contributed by atoms with Gasteiger partial charge in [0.25, 0.3) is 0 Å². The van der Waals surface area contributed by atoms with Gasteiger partial charge in [-0.05, 0) is 36.6 Å². The SMILES string of the molecule is O=C(O)CC1(c2ccc3[nH]c(C(F)(F)F)cc3c2)CC1. The van der Waals surface area contributed by atoms with Gasteiger partial charge in [-0.3, -0.25) is 4.79 Å². The van der Waals surface area contributed by atoms with Gasteiger partial charge in [0, 0.05) is 16.3 Å². The van der Waals surface area contributed by atoms with Gasteiger partial charge in [0.05, 0.1) is 6.42 Å². The molecular weight excluding hydrogens is 271 g/mol. The molecule has 1 aliphatic rings. The molecule has 1 heterocycles. The number of halogens is 3. The van der Waals surface area contributed by atoms with Crippen LogP contribution in [-0.2, 0) is 16.4 Å². The molecule has 0 radical (unpaired) electrons. The Labute approximate surface area is 112 Å². The van der Waals surface area contributed by atoms with Gasteiger partial charge in [-0.25, -0.2) is 0 Å².